The summed E-state index contributed by atoms with van der Waals surface area (Å²) in [5, 5.41) is 239. The number of aliphatic hydroxyl groups is 22. The van der Waals surface area contributed by atoms with Gasteiger partial charge in [0.05, 0.1) is 63.6 Å². The minimum Gasteiger partial charge on any atom is -0.394 e. The number of ether oxygens (including phenoxy) is 12. The van der Waals surface area contributed by atoms with Gasteiger partial charge in [0.15, 0.2) is 37.7 Å². The Bertz CT molecular complexity index is 2670. The maximum atomic E-state index is 13.0. The third kappa shape index (κ3) is 14.8. The molecule has 40 unspecified atom stereocenters. The Morgan fingerprint density at radius 3 is 1.30 bits per heavy atom. The van der Waals surface area contributed by atoms with Gasteiger partial charge in [0.25, 0.3) is 0 Å². The van der Waals surface area contributed by atoms with E-state index in [0.29, 0.717) is 32.1 Å². The molecule has 9 fully saturated rings. The second-order valence-corrected chi connectivity index (χ2v) is 31.5. The zero-order valence-electron chi connectivity index (χ0n) is 57.6. The molecule has 580 valence electrons. The number of aliphatic hydroxyl groups excluding tert-OH is 21. The van der Waals surface area contributed by atoms with E-state index < -0.39 is 264 Å². The van der Waals surface area contributed by atoms with Gasteiger partial charge in [-0.05, 0) is 99.7 Å². The van der Waals surface area contributed by atoms with Crippen molar-refractivity contribution in [2.45, 2.75) is 315 Å². The van der Waals surface area contributed by atoms with Crippen molar-refractivity contribution in [1.82, 2.24) is 0 Å². The van der Waals surface area contributed by atoms with Gasteiger partial charge in [0, 0.05) is 10.8 Å². The average Bonchev–Trinajstić information content (AvgIpc) is 1.33. The molecule has 6 saturated heterocycles. The van der Waals surface area contributed by atoms with E-state index in [1.54, 1.807) is 0 Å². The van der Waals surface area contributed by atoms with Crippen LogP contribution in [0.4, 0.5) is 0 Å². The van der Waals surface area contributed by atoms with E-state index in [0.717, 1.165) is 18.4 Å². The van der Waals surface area contributed by atoms with Crippen LogP contribution in [0.3, 0.4) is 0 Å². The summed E-state index contributed by atoms with van der Waals surface area (Å²) in [6, 6.07) is 0. The average molecular weight is 1450 g/mol. The summed E-state index contributed by atoms with van der Waals surface area (Å²) in [5.74, 6) is -0.322. The first kappa shape index (κ1) is 80.9. The van der Waals surface area contributed by atoms with Crippen LogP contribution in [0, 0.1) is 45.3 Å². The molecule has 0 spiro atoms. The highest BCUT2D eigenvalue weighted by atomic mass is 16.8. The Labute approximate surface area is 579 Å². The predicted molar refractivity (Wildman–Crippen MR) is 333 cm³/mol. The molecule has 100 heavy (non-hydrogen) atoms. The maximum Gasteiger partial charge on any atom is 0.187 e. The molecule has 6 aliphatic heterocycles. The highest BCUT2D eigenvalue weighted by Gasteiger charge is 2.71. The topological polar surface area (TPSA) is 556 Å². The first-order valence-electron chi connectivity index (χ1n) is 35.1. The van der Waals surface area contributed by atoms with E-state index in [1.807, 2.05) is 13.8 Å². The van der Waals surface area contributed by atoms with Crippen LogP contribution in [0.2, 0.25) is 0 Å². The Kier molecular flexibility index (Phi) is 25.5. The smallest absolute Gasteiger partial charge is 0.187 e. The molecule has 0 radical (unpaired) electrons. The molecule has 0 aromatic carbocycles. The quantitative estimate of drug-likeness (QED) is 0.0423. The number of allylic oxidation sites excluding steroid dienone is 1. The summed E-state index contributed by atoms with van der Waals surface area (Å²) in [6.07, 6.45) is -48.7. The van der Waals surface area contributed by atoms with Crippen molar-refractivity contribution in [3.8, 4) is 0 Å². The van der Waals surface area contributed by atoms with Crippen LogP contribution in [0.5, 0.6) is 0 Å². The van der Waals surface area contributed by atoms with E-state index in [2.05, 4.69) is 33.8 Å². The lowest BCUT2D eigenvalue weighted by Crippen LogP contribution is -2.66. The molecule has 10 aliphatic rings. The normalized spacial score (nSPS) is 52.1. The number of hydrogen-bond donors (Lipinski definition) is 22. The molecule has 22 N–H and O–H groups in total. The van der Waals surface area contributed by atoms with Crippen LogP contribution in [0.1, 0.15) is 107 Å². The molecule has 0 bridgehead atoms. The highest BCUT2D eigenvalue weighted by molar-refractivity contribution is 5.32. The van der Waals surface area contributed by atoms with Crippen LogP contribution >= 0.6 is 0 Å². The Morgan fingerprint density at radius 1 is 0.460 bits per heavy atom. The minimum atomic E-state index is -1.99. The molecule has 0 aromatic rings. The molecule has 0 aromatic heterocycles. The lowest BCUT2D eigenvalue weighted by Gasteiger charge is -2.67. The van der Waals surface area contributed by atoms with E-state index in [-0.39, 0.29) is 35.5 Å². The molecule has 34 nitrogen and oxygen atoms in total. The van der Waals surface area contributed by atoms with E-state index in [9.17, 15) is 112 Å². The maximum absolute atomic E-state index is 13.0. The van der Waals surface area contributed by atoms with Crippen molar-refractivity contribution in [3.63, 3.8) is 0 Å². The fourth-order valence-corrected chi connectivity index (χ4v) is 18.5. The summed E-state index contributed by atoms with van der Waals surface area (Å²) in [5.41, 5.74) is -3.02. The molecule has 0 amide bonds. The SMILES string of the molecule is CC(CCC(OC1OC(COC2OC(CO)C(O)C(O)C2O)C(O)C(O)C1OC1OC(CO)C(O)C(O)C1O)C(C)(C)O)C1CCC2(C)C3CC=C4C(CCC(OC5OC(COC6OC(CO)C(O)C(O)C6O)C(O)C(O)C5OC5OC(CO)C(O)C(O)C5O)C4(C)C)C3(C)C(O)CC12C. The third-order valence-electron chi connectivity index (χ3n) is 25.0. The second-order valence-electron chi connectivity index (χ2n) is 31.5. The van der Waals surface area contributed by atoms with Gasteiger partial charge < -0.3 is 169 Å². The van der Waals surface area contributed by atoms with Crippen molar-refractivity contribution < 1.29 is 169 Å². The molecular weight excluding hydrogens is 1340 g/mol. The number of rotatable bonds is 23. The van der Waals surface area contributed by atoms with Crippen molar-refractivity contribution in [1.29, 1.82) is 0 Å². The summed E-state index contributed by atoms with van der Waals surface area (Å²) in [6.45, 7) is 11.3. The first-order valence-corrected chi connectivity index (χ1v) is 35.1. The number of hydrogen-bond acceptors (Lipinski definition) is 34. The largest absolute Gasteiger partial charge is 0.394 e. The van der Waals surface area contributed by atoms with E-state index in [4.69, 9.17) is 56.8 Å². The van der Waals surface area contributed by atoms with Crippen LogP contribution in [0.15, 0.2) is 11.6 Å². The zero-order valence-corrected chi connectivity index (χ0v) is 57.6. The van der Waals surface area contributed by atoms with Gasteiger partial charge in [-0.1, -0.05) is 53.2 Å². The van der Waals surface area contributed by atoms with Crippen LogP contribution < -0.4 is 0 Å². The monoisotopic (exact) mass is 1450 g/mol. The van der Waals surface area contributed by atoms with Gasteiger partial charge in [-0.15, -0.1) is 0 Å². The third-order valence-corrected chi connectivity index (χ3v) is 25.0. The van der Waals surface area contributed by atoms with Gasteiger partial charge >= 0.3 is 0 Å². The Balaban J connectivity index is 0.853. The van der Waals surface area contributed by atoms with Gasteiger partial charge in [0.1, 0.15) is 146 Å². The summed E-state index contributed by atoms with van der Waals surface area (Å²) in [4.78, 5) is 0. The standard InChI is InChI=1S/C66H112O34/c1-24(9-13-37(63(4,5)88)98-61-55(100-59-53(87)47(81)41(75)31(21-70)94-59)49(83)43(77)33(96-61)23-90-57-51(85)45(79)39(73)29(19-68)92-57)25-15-16-64(6)34-12-10-26-27(66(34,8)35(71)17-65(25,64)7)11-14-36(62(26,2)3)97-60-54(99-58-52(86)46(80)40(74)30(20-69)93-58)48(82)42(76)32(95-60)22-89-56-50(84)44(78)38(72)28(18-67)91-56/h10,24-25,27-61,67-88H,9,11-23H2,1-8H3. The lowest BCUT2D eigenvalue weighted by atomic mass is 9.38. The molecule has 3 saturated carbocycles. The van der Waals surface area contributed by atoms with Crippen LogP contribution in [-0.2, 0) is 56.8 Å². The van der Waals surface area contributed by atoms with Crippen LogP contribution in [-0.4, -0.2) is 360 Å². The van der Waals surface area contributed by atoms with Crippen molar-refractivity contribution >= 4 is 0 Å². The number of fused-ring (bicyclic) bond motifs is 5. The molecular formula is C66H112O34. The Hall–Kier alpha value is -1.62. The van der Waals surface area contributed by atoms with E-state index >= 15 is 0 Å². The summed E-state index contributed by atoms with van der Waals surface area (Å²) < 4.78 is 72.0. The van der Waals surface area contributed by atoms with Crippen molar-refractivity contribution in [2.24, 2.45) is 45.3 Å². The molecule has 6 heterocycles. The van der Waals surface area contributed by atoms with Gasteiger partial charge in [0.2, 0.25) is 0 Å². The summed E-state index contributed by atoms with van der Waals surface area (Å²) in [7, 11) is 0. The fourth-order valence-electron chi connectivity index (χ4n) is 18.5. The highest BCUT2D eigenvalue weighted by Crippen LogP contribution is 2.75. The van der Waals surface area contributed by atoms with Crippen molar-refractivity contribution in [3.05, 3.63) is 11.6 Å². The van der Waals surface area contributed by atoms with Gasteiger partial charge in [-0.3, -0.25) is 0 Å². The minimum absolute atomic E-state index is 0.00756. The second kappa shape index (κ2) is 31.5. The molecule has 10 rings (SSSR count). The van der Waals surface area contributed by atoms with E-state index in [1.165, 1.54) is 13.8 Å². The first-order chi connectivity index (χ1) is 46.9. The zero-order chi connectivity index (χ0) is 73.5. The predicted octanol–water partition coefficient (Wildman–Crippen LogP) is -7.58. The van der Waals surface area contributed by atoms with Gasteiger partial charge in [-0.2, -0.15) is 0 Å². The fraction of sp³-hybridized carbons (Fsp3) is 0.970. The molecule has 34 heteroatoms. The summed E-state index contributed by atoms with van der Waals surface area (Å²) >= 11 is 0. The van der Waals surface area contributed by atoms with Gasteiger partial charge in [-0.25, -0.2) is 0 Å². The Morgan fingerprint density at radius 2 is 0.860 bits per heavy atom. The van der Waals surface area contributed by atoms with Crippen molar-refractivity contribution in [2.75, 3.05) is 39.6 Å². The van der Waals surface area contributed by atoms with Crippen LogP contribution in [0.25, 0.3) is 0 Å². The lowest BCUT2D eigenvalue weighted by molar-refractivity contribution is -0.380. The molecule has 40 atom stereocenters. The molecule has 4 aliphatic carbocycles.